The smallest absolute Gasteiger partial charge is 0.410 e. The van der Waals surface area contributed by atoms with Crippen molar-refractivity contribution in [3.05, 3.63) is 47.8 Å². The zero-order valence-electron chi connectivity index (χ0n) is 9.09. The van der Waals surface area contributed by atoms with Gasteiger partial charge < -0.3 is 4.74 Å². The number of fused-ring (bicyclic) bond motifs is 1. The standard InChI is InChI=1S/C12H11N3O2/c16-12(17-10-4-2-1-3-5-10)15-7-9-6-13-14-11(9)8-15/h1-6H,7-8H2,(H,13,14). The summed E-state index contributed by atoms with van der Waals surface area (Å²) in [4.78, 5) is 13.5. The third kappa shape index (κ3) is 1.87. The molecule has 17 heavy (non-hydrogen) atoms. The van der Waals surface area contributed by atoms with Crippen LogP contribution in [0, 0.1) is 0 Å². The highest BCUT2D eigenvalue weighted by atomic mass is 16.6. The van der Waals surface area contributed by atoms with Crippen LogP contribution in [0.15, 0.2) is 36.5 Å². The average molecular weight is 229 g/mol. The van der Waals surface area contributed by atoms with Gasteiger partial charge in [-0.3, -0.25) is 10.00 Å². The number of hydrogen-bond acceptors (Lipinski definition) is 3. The Morgan fingerprint density at radius 3 is 2.88 bits per heavy atom. The summed E-state index contributed by atoms with van der Waals surface area (Å²) >= 11 is 0. The van der Waals surface area contributed by atoms with E-state index in [-0.39, 0.29) is 6.09 Å². The van der Waals surface area contributed by atoms with Gasteiger partial charge in [0.15, 0.2) is 0 Å². The second-order valence-electron chi connectivity index (χ2n) is 3.91. The molecule has 0 saturated carbocycles. The van der Waals surface area contributed by atoms with Gasteiger partial charge in [-0.2, -0.15) is 5.10 Å². The number of hydrogen-bond donors (Lipinski definition) is 1. The Kier molecular flexibility index (Phi) is 2.29. The quantitative estimate of drug-likeness (QED) is 0.812. The van der Waals surface area contributed by atoms with Crippen molar-refractivity contribution in [2.75, 3.05) is 0 Å². The number of benzene rings is 1. The Balaban J connectivity index is 1.67. The number of nitrogens with zero attached hydrogens (tertiary/aromatic N) is 2. The lowest BCUT2D eigenvalue weighted by atomic mass is 10.3. The van der Waals surface area contributed by atoms with Gasteiger partial charge in [0.2, 0.25) is 0 Å². The van der Waals surface area contributed by atoms with Crippen LogP contribution in [0.4, 0.5) is 4.79 Å². The molecule has 5 nitrogen and oxygen atoms in total. The summed E-state index contributed by atoms with van der Waals surface area (Å²) in [6.45, 7) is 1.08. The van der Waals surface area contributed by atoms with Crippen molar-refractivity contribution in [2.24, 2.45) is 0 Å². The number of aromatic amines is 1. The Morgan fingerprint density at radius 2 is 2.12 bits per heavy atom. The van der Waals surface area contributed by atoms with Gasteiger partial charge in [0.1, 0.15) is 5.75 Å². The topological polar surface area (TPSA) is 58.2 Å². The molecule has 0 unspecified atom stereocenters. The molecule has 1 amide bonds. The lowest BCUT2D eigenvalue weighted by Crippen LogP contribution is -2.28. The van der Waals surface area contributed by atoms with Gasteiger partial charge in [-0.1, -0.05) is 18.2 Å². The largest absolute Gasteiger partial charge is 0.415 e. The van der Waals surface area contributed by atoms with Crippen molar-refractivity contribution >= 4 is 6.09 Å². The fourth-order valence-corrected chi connectivity index (χ4v) is 1.85. The number of para-hydroxylation sites is 1. The van der Waals surface area contributed by atoms with Crippen molar-refractivity contribution < 1.29 is 9.53 Å². The maximum absolute atomic E-state index is 11.9. The number of carbonyl (C=O) groups is 1. The maximum atomic E-state index is 11.9. The van der Waals surface area contributed by atoms with E-state index in [0.29, 0.717) is 18.8 Å². The van der Waals surface area contributed by atoms with E-state index in [2.05, 4.69) is 10.2 Å². The van der Waals surface area contributed by atoms with E-state index in [1.807, 2.05) is 18.2 Å². The zero-order chi connectivity index (χ0) is 11.7. The van der Waals surface area contributed by atoms with Crippen LogP contribution in [0.2, 0.25) is 0 Å². The zero-order valence-corrected chi connectivity index (χ0v) is 9.09. The predicted molar refractivity (Wildman–Crippen MR) is 60.3 cm³/mol. The number of amides is 1. The summed E-state index contributed by atoms with van der Waals surface area (Å²) in [7, 11) is 0. The highest BCUT2D eigenvalue weighted by Gasteiger charge is 2.26. The molecule has 5 heteroatoms. The monoisotopic (exact) mass is 229 g/mol. The minimum Gasteiger partial charge on any atom is -0.410 e. The molecule has 0 bridgehead atoms. The first-order valence-corrected chi connectivity index (χ1v) is 5.36. The predicted octanol–water partition coefficient (Wildman–Crippen LogP) is 1.92. The minimum atomic E-state index is -0.333. The lowest BCUT2D eigenvalue weighted by Gasteiger charge is -2.14. The first-order valence-electron chi connectivity index (χ1n) is 5.36. The first-order chi connectivity index (χ1) is 8.33. The van der Waals surface area contributed by atoms with Gasteiger partial charge in [-0.25, -0.2) is 4.79 Å². The molecule has 0 spiro atoms. The van der Waals surface area contributed by atoms with Crippen LogP contribution < -0.4 is 4.74 Å². The number of ether oxygens (including phenoxy) is 1. The molecule has 2 heterocycles. The Hall–Kier alpha value is -2.30. The SMILES string of the molecule is O=C(Oc1ccccc1)N1Cc2cn[nH]c2C1. The molecule has 1 N–H and O–H groups in total. The molecular weight excluding hydrogens is 218 g/mol. The highest BCUT2D eigenvalue weighted by molar-refractivity contribution is 5.71. The van der Waals surface area contributed by atoms with Crippen LogP contribution >= 0.6 is 0 Å². The third-order valence-corrected chi connectivity index (χ3v) is 2.72. The molecule has 0 atom stereocenters. The lowest BCUT2D eigenvalue weighted by molar-refractivity contribution is 0.151. The Morgan fingerprint density at radius 1 is 1.29 bits per heavy atom. The summed E-state index contributed by atoms with van der Waals surface area (Å²) < 4.78 is 5.25. The van der Waals surface area contributed by atoms with E-state index in [1.54, 1.807) is 23.2 Å². The fourth-order valence-electron chi connectivity index (χ4n) is 1.85. The third-order valence-electron chi connectivity index (χ3n) is 2.72. The number of carbonyl (C=O) groups excluding carboxylic acids is 1. The summed E-state index contributed by atoms with van der Waals surface area (Å²) in [6.07, 6.45) is 1.41. The van der Waals surface area contributed by atoms with Crippen LogP contribution in [0.1, 0.15) is 11.3 Å². The Bertz CT molecular complexity index is 515. The first kappa shape index (κ1) is 9.89. The summed E-state index contributed by atoms with van der Waals surface area (Å²) in [5.41, 5.74) is 2.03. The van der Waals surface area contributed by atoms with E-state index in [1.165, 1.54) is 0 Å². The van der Waals surface area contributed by atoms with Crippen molar-refractivity contribution in [1.29, 1.82) is 0 Å². The van der Waals surface area contributed by atoms with E-state index in [0.717, 1.165) is 11.3 Å². The van der Waals surface area contributed by atoms with Gasteiger partial charge in [-0.05, 0) is 12.1 Å². The van der Waals surface area contributed by atoms with Crippen LogP contribution in [0.3, 0.4) is 0 Å². The summed E-state index contributed by atoms with van der Waals surface area (Å²) in [5.74, 6) is 0.561. The Labute approximate surface area is 98.0 Å². The van der Waals surface area contributed by atoms with Crippen LogP contribution in [0.25, 0.3) is 0 Å². The molecular formula is C12H11N3O2. The maximum Gasteiger partial charge on any atom is 0.415 e. The normalized spacial score (nSPS) is 13.5. The number of rotatable bonds is 1. The summed E-state index contributed by atoms with van der Waals surface area (Å²) in [5, 5.41) is 6.78. The number of H-pyrrole nitrogens is 1. The molecule has 0 saturated heterocycles. The highest BCUT2D eigenvalue weighted by Crippen LogP contribution is 2.21. The van der Waals surface area contributed by atoms with Crippen molar-refractivity contribution in [1.82, 2.24) is 15.1 Å². The molecule has 0 radical (unpaired) electrons. The molecule has 1 aromatic heterocycles. The minimum absolute atomic E-state index is 0.333. The van der Waals surface area contributed by atoms with Crippen molar-refractivity contribution in [3.8, 4) is 5.75 Å². The van der Waals surface area contributed by atoms with Crippen LogP contribution in [-0.2, 0) is 13.1 Å². The van der Waals surface area contributed by atoms with Gasteiger partial charge in [0, 0.05) is 5.56 Å². The molecule has 0 aliphatic carbocycles. The van der Waals surface area contributed by atoms with Gasteiger partial charge in [-0.15, -0.1) is 0 Å². The second kappa shape index (κ2) is 3.93. The number of aromatic nitrogens is 2. The molecule has 86 valence electrons. The molecule has 2 aromatic rings. The average Bonchev–Trinajstić information content (AvgIpc) is 2.90. The van der Waals surface area contributed by atoms with Gasteiger partial charge in [0.05, 0.1) is 25.0 Å². The molecule has 1 aromatic carbocycles. The van der Waals surface area contributed by atoms with E-state index in [4.69, 9.17) is 4.74 Å². The summed E-state index contributed by atoms with van der Waals surface area (Å²) in [6, 6.07) is 9.06. The van der Waals surface area contributed by atoms with Crippen molar-refractivity contribution in [3.63, 3.8) is 0 Å². The van der Waals surface area contributed by atoms with E-state index in [9.17, 15) is 4.79 Å². The van der Waals surface area contributed by atoms with E-state index < -0.39 is 0 Å². The van der Waals surface area contributed by atoms with E-state index >= 15 is 0 Å². The van der Waals surface area contributed by atoms with Crippen LogP contribution in [0.5, 0.6) is 5.75 Å². The molecule has 1 aliphatic heterocycles. The van der Waals surface area contributed by atoms with Gasteiger partial charge >= 0.3 is 6.09 Å². The second-order valence-corrected chi connectivity index (χ2v) is 3.91. The van der Waals surface area contributed by atoms with Gasteiger partial charge in [0.25, 0.3) is 0 Å². The van der Waals surface area contributed by atoms with Crippen LogP contribution in [-0.4, -0.2) is 21.2 Å². The fraction of sp³-hybridized carbons (Fsp3) is 0.167. The molecule has 3 rings (SSSR count). The number of nitrogens with one attached hydrogen (secondary N) is 1. The van der Waals surface area contributed by atoms with Crippen molar-refractivity contribution in [2.45, 2.75) is 13.1 Å². The molecule has 1 aliphatic rings. The molecule has 0 fully saturated rings.